The van der Waals surface area contributed by atoms with E-state index in [9.17, 15) is 0 Å². The Morgan fingerprint density at radius 2 is 2.19 bits per heavy atom. The number of aryl methyl sites for hydroxylation is 2. The molecular formula is C13H21NOS. The molecule has 0 amide bonds. The molecule has 0 bridgehead atoms. The van der Waals surface area contributed by atoms with Crippen LogP contribution in [0.15, 0.2) is 6.07 Å². The second-order valence-electron chi connectivity index (χ2n) is 4.70. The maximum absolute atomic E-state index is 5.98. The predicted molar refractivity (Wildman–Crippen MR) is 69.2 cm³/mol. The quantitative estimate of drug-likeness (QED) is 0.874. The van der Waals surface area contributed by atoms with Gasteiger partial charge >= 0.3 is 0 Å². The van der Waals surface area contributed by atoms with Crippen LogP contribution < -0.4 is 5.32 Å². The van der Waals surface area contributed by atoms with E-state index >= 15 is 0 Å². The van der Waals surface area contributed by atoms with Crippen molar-refractivity contribution in [3.63, 3.8) is 0 Å². The molecular weight excluding hydrogens is 218 g/mol. The molecule has 3 atom stereocenters. The van der Waals surface area contributed by atoms with Gasteiger partial charge in [-0.1, -0.05) is 0 Å². The van der Waals surface area contributed by atoms with Crippen molar-refractivity contribution in [2.75, 3.05) is 7.05 Å². The molecule has 0 saturated carbocycles. The van der Waals surface area contributed by atoms with Gasteiger partial charge in [0.15, 0.2) is 0 Å². The Morgan fingerprint density at radius 3 is 2.62 bits per heavy atom. The van der Waals surface area contributed by atoms with Crippen molar-refractivity contribution in [2.24, 2.45) is 0 Å². The summed E-state index contributed by atoms with van der Waals surface area (Å²) in [5.41, 5.74) is 1.42. The SMILES string of the molecule is CNC(c1cc(C)sc1C)C1CCC(C)O1. The van der Waals surface area contributed by atoms with Crippen LogP contribution in [0.4, 0.5) is 0 Å². The van der Waals surface area contributed by atoms with Crippen LogP contribution in [0.2, 0.25) is 0 Å². The average molecular weight is 239 g/mol. The molecule has 1 aliphatic rings. The van der Waals surface area contributed by atoms with E-state index in [0.717, 1.165) is 0 Å². The summed E-state index contributed by atoms with van der Waals surface area (Å²) in [5.74, 6) is 0. The largest absolute Gasteiger partial charge is 0.373 e. The minimum Gasteiger partial charge on any atom is -0.373 e. The first-order valence-electron chi connectivity index (χ1n) is 6.01. The number of likely N-dealkylation sites (N-methyl/N-ethyl adjacent to an activating group) is 1. The number of thiophene rings is 1. The molecule has 16 heavy (non-hydrogen) atoms. The fourth-order valence-electron chi connectivity index (χ4n) is 2.58. The molecule has 0 spiro atoms. The number of rotatable bonds is 3. The molecule has 3 heteroatoms. The molecule has 0 aliphatic carbocycles. The summed E-state index contributed by atoms with van der Waals surface area (Å²) in [4.78, 5) is 2.80. The van der Waals surface area contributed by atoms with E-state index in [1.165, 1.54) is 28.2 Å². The van der Waals surface area contributed by atoms with Crippen molar-refractivity contribution in [2.45, 2.75) is 51.9 Å². The minimum atomic E-state index is 0.340. The van der Waals surface area contributed by atoms with Gasteiger partial charge in [0.1, 0.15) is 0 Å². The summed E-state index contributed by atoms with van der Waals surface area (Å²) in [7, 11) is 2.03. The fraction of sp³-hybridized carbons (Fsp3) is 0.692. The van der Waals surface area contributed by atoms with Crippen molar-refractivity contribution in [1.82, 2.24) is 5.32 Å². The molecule has 1 saturated heterocycles. The van der Waals surface area contributed by atoms with Gasteiger partial charge in [-0.2, -0.15) is 0 Å². The molecule has 2 rings (SSSR count). The van der Waals surface area contributed by atoms with Crippen molar-refractivity contribution >= 4 is 11.3 Å². The van der Waals surface area contributed by atoms with E-state index in [0.29, 0.717) is 18.2 Å². The van der Waals surface area contributed by atoms with Crippen molar-refractivity contribution in [3.05, 3.63) is 21.4 Å². The molecule has 1 aromatic rings. The van der Waals surface area contributed by atoms with Crippen LogP contribution in [-0.2, 0) is 4.74 Å². The van der Waals surface area contributed by atoms with Crippen LogP contribution in [0.1, 0.15) is 41.1 Å². The number of hydrogen-bond donors (Lipinski definition) is 1. The van der Waals surface area contributed by atoms with Crippen molar-refractivity contribution in [1.29, 1.82) is 0 Å². The highest BCUT2D eigenvalue weighted by Crippen LogP contribution is 2.34. The highest BCUT2D eigenvalue weighted by molar-refractivity contribution is 7.12. The van der Waals surface area contributed by atoms with Gasteiger partial charge < -0.3 is 10.1 Å². The lowest BCUT2D eigenvalue weighted by Gasteiger charge is -2.23. The number of hydrogen-bond acceptors (Lipinski definition) is 3. The van der Waals surface area contributed by atoms with Crippen LogP contribution in [0.25, 0.3) is 0 Å². The summed E-state index contributed by atoms with van der Waals surface area (Å²) < 4.78 is 5.98. The van der Waals surface area contributed by atoms with E-state index in [-0.39, 0.29) is 0 Å². The van der Waals surface area contributed by atoms with Gasteiger partial charge in [-0.25, -0.2) is 0 Å². The molecule has 0 aromatic carbocycles. The Balaban J connectivity index is 2.19. The topological polar surface area (TPSA) is 21.3 Å². The smallest absolute Gasteiger partial charge is 0.0774 e. The standard InChI is InChI=1S/C13H21NOS/c1-8-5-6-12(15-8)13(14-4)11-7-9(2)16-10(11)3/h7-8,12-14H,5-6H2,1-4H3. The lowest BCUT2D eigenvalue weighted by Crippen LogP contribution is -2.29. The second-order valence-corrected chi connectivity index (χ2v) is 6.16. The normalized spacial score (nSPS) is 27.2. The summed E-state index contributed by atoms with van der Waals surface area (Å²) >= 11 is 1.88. The highest BCUT2D eigenvalue weighted by atomic mass is 32.1. The van der Waals surface area contributed by atoms with Gasteiger partial charge in [0.05, 0.1) is 18.2 Å². The first-order chi connectivity index (χ1) is 7.61. The minimum absolute atomic E-state index is 0.340. The molecule has 90 valence electrons. The van der Waals surface area contributed by atoms with Crippen molar-refractivity contribution in [3.8, 4) is 0 Å². The third-order valence-electron chi connectivity index (χ3n) is 3.36. The molecule has 0 radical (unpaired) electrons. The van der Waals surface area contributed by atoms with E-state index in [4.69, 9.17) is 4.74 Å². The third kappa shape index (κ3) is 2.31. The highest BCUT2D eigenvalue weighted by Gasteiger charge is 2.30. The van der Waals surface area contributed by atoms with Gasteiger partial charge in [0.2, 0.25) is 0 Å². The Labute approximate surface area is 102 Å². The monoisotopic (exact) mass is 239 g/mol. The lowest BCUT2D eigenvalue weighted by molar-refractivity contribution is 0.0333. The van der Waals surface area contributed by atoms with Crippen LogP contribution in [-0.4, -0.2) is 19.3 Å². The van der Waals surface area contributed by atoms with Crippen LogP contribution in [0.5, 0.6) is 0 Å². The maximum Gasteiger partial charge on any atom is 0.0774 e. The van der Waals surface area contributed by atoms with Gasteiger partial charge in [0.25, 0.3) is 0 Å². The zero-order valence-electron chi connectivity index (χ0n) is 10.5. The van der Waals surface area contributed by atoms with E-state index < -0.39 is 0 Å². The molecule has 3 unspecified atom stereocenters. The van der Waals surface area contributed by atoms with Gasteiger partial charge in [-0.05, 0) is 52.3 Å². The lowest BCUT2D eigenvalue weighted by atomic mass is 10.00. The molecule has 2 nitrogen and oxygen atoms in total. The van der Waals surface area contributed by atoms with Gasteiger partial charge in [-0.3, -0.25) is 0 Å². The summed E-state index contributed by atoms with van der Waals surface area (Å²) in [6, 6.07) is 2.66. The van der Waals surface area contributed by atoms with E-state index in [2.05, 4.69) is 32.2 Å². The van der Waals surface area contributed by atoms with E-state index in [1.807, 2.05) is 18.4 Å². The molecule has 1 aliphatic heterocycles. The Morgan fingerprint density at radius 1 is 1.44 bits per heavy atom. The van der Waals surface area contributed by atoms with Crippen LogP contribution >= 0.6 is 11.3 Å². The molecule has 2 heterocycles. The fourth-order valence-corrected chi connectivity index (χ4v) is 3.55. The predicted octanol–water partition coefficient (Wildman–Crippen LogP) is 3.19. The molecule has 1 N–H and O–H groups in total. The van der Waals surface area contributed by atoms with Crippen LogP contribution in [0, 0.1) is 13.8 Å². The number of ether oxygens (including phenoxy) is 1. The first-order valence-corrected chi connectivity index (χ1v) is 6.83. The Hall–Kier alpha value is -0.380. The summed E-state index contributed by atoms with van der Waals surface area (Å²) in [6.07, 6.45) is 3.11. The van der Waals surface area contributed by atoms with E-state index in [1.54, 1.807) is 0 Å². The molecule has 1 fully saturated rings. The Bertz CT molecular complexity index is 361. The summed E-state index contributed by atoms with van der Waals surface area (Å²) in [6.45, 7) is 6.54. The first kappa shape index (κ1) is 12.1. The van der Waals surface area contributed by atoms with Gasteiger partial charge in [0, 0.05) is 9.75 Å². The van der Waals surface area contributed by atoms with Crippen LogP contribution in [0.3, 0.4) is 0 Å². The number of nitrogens with one attached hydrogen (secondary N) is 1. The van der Waals surface area contributed by atoms with Gasteiger partial charge in [-0.15, -0.1) is 11.3 Å². The summed E-state index contributed by atoms with van der Waals surface area (Å²) in [5, 5.41) is 3.42. The second kappa shape index (κ2) is 4.86. The maximum atomic E-state index is 5.98. The van der Waals surface area contributed by atoms with Crippen molar-refractivity contribution < 1.29 is 4.74 Å². The average Bonchev–Trinajstić information content (AvgIpc) is 2.76. The zero-order chi connectivity index (χ0) is 11.7. The zero-order valence-corrected chi connectivity index (χ0v) is 11.4. The molecule has 1 aromatic heterocycles. The Kier molecular flexibility index (Phi) is 3.67. The third-order valence-corrected chi connectivity index (χ3v) is 4.34.